The summed E-state index contributed by atoms with van der Waals surface area (Å²) in [5, 5.41) is 0.614. The molecule has 0 radical (unpaired) electrons. The molecule has 0 N–H and O–H groups in total. The second-order valence-electron chi connectivity index (χ2n) is 5.71. The van der Waals surface area contributed by atoms with Crippen molar-refractivity contribution in [1.29, 1.82) is 0 Å². The molecule has 0 fully saturated rings. The summed E-state index contributed by atoms with van der Waals surface area (Å²) < 4.78 is 1.65. The van der Waals surface area contributed by atoms with E-state index in [1.54, 1.807) is 4.57 Å². The molecule has 0 bridgehead atoms. The summed E-state index contributed by atoms with van der Waals surface area (Å²) in [6, 6.07) is 27.0. The summed E-state index contributed by atoms with van der Waals surface area (Å²) in [6.45, 7) is 0. The van der Waals surface area contributed by atoms with Gasteiger partial charge in [-0.2, -0.15) is 0 Å². The van der Waals surface area contributed by atoms with Crippen LogP contribution in [-0.2, 0) is 0 Å². The molecular formula is C22H16N2O. The van der Waals surface area contributed by atoms with Gasteiger partial charge in [-0.1, -0.05) is 66.7 Å². The maximum absolute atomic E-state index is 13.1. The van der Waals surface area contributed by atoms with E-state index >= 15 is 0 Å². The molecular weight excluding hydrogens is 308 g/mol. The minimum Gasteiger partial charge on any atom is -0.268 e. The van der Waals surface area contributed by atoms with E-state index in [9.17, 15) is 4.79 Å². The molecule has 0 saturated heterocycles. The van der Waals surface area contributed by atoms with Crippen LogP contribution in [0.4, 0.5) is 0 Å². The van der Waals surface area contributed by atoms with Crippen molar-refractivity contribution in [3.05, 3.63) is 107 Å². The van der Waals surface area contributed by atoms with Crippen LogP contribution < -0.4 is 5.56 Å². The number of hydrogen-bond donors (Lipinski definition) is 0. The van der Waals surface area contributed by atoms with Crippen LogP contribution in [0.1, 0.15) is 11.4 Å². The molecule has 120 valence electrons. The number of nitrogens with zero attached hydrogens (tertiary/aromatic N) is 2. The number of benzene rings is 3. The van der Waals surface area contributed by atoms with Crippen LogP contribution in [0.2, 0.25) is 0 Å². The van der Waals surface area contributed by atoms with Crippen molar-refractivity contribution in [2.45, 2.75) is 0 Å². The van der Waals surface area contributed by atoms with Crippen LogP contribution in [0.5, 0.6) is 0 Å². The lowest BCUT2D eigenvalue weighted by Crippen LogP contribution is -2.22. The molecule has 0 aliphatic rings. The third-order valence-corrected chi connectivity index (χ3v) is 4.04. The van der Waals surface area contributed by atoms with E-state index in [1.165, 1.54) is 0 Å². The molecule has 3 nitrogen and oxygen atoms in total. The zero-order valence-electron chi connectivity index (χ0n) is 13.5. The van der Waals surface area contributed by atoms with Crippen molar-refractivity contribution < 1.29 is 0 Å². The summed E-state index contributed by atoms with van der Waals surface area (Å²) in [5.41, 5.74) is 2.50. The molecule has 0 atom stereocenters. The fourth-order valence-corrected chi connectivity index (χ4v) is 2.82. The molecule has 0 aliphatic carbocycles. The molecule has 1 aromatic heterocycles. The first-order chi connectivity index (χ1) is 12.3. The Morgan fingerprint density at radius 1 is 0.720 bits per heavy atom. The number of rotatable bonds is 3. The third-order valence-electron chi connectivity index (χ3n) is 4.04. The Morgan fingerprint density at radius 2 is 1.36 bits per heavy atom. The summed E-state index contributed by atoms with van der Waals surface area (Å²) in [4.78, 5) is 17.8. The van der Waals surface area contributed by atoms with Crippen LogP contribution in [-0.4, -0.2) is 9.55 Å². The monoisotopic (exact) mass is 324 g/mol. The second-order valence-corrected chi connectivity index (χ2v) is 5.71. The van der Waals surface area contributed by atoms with Crippen molar-refractivity contribution in [1.82, 2.24) is 9.55 Å². The topological polar surface area (TPSA) is 34.9 Å². The van der Waals surface area contributed by atoms with E-state index < -0.39 is 0 Å². The van der Waals surface area contributed by atoms with Gasteiger partial charge < -0.3 is 0 Å². The van der Waals surface area contributed by atoms with Crippen LogP contribution >= 0.6 is 0 Å². The van der Waals surface area contributed by atoms with E-state index in [4.69, 9.17) is 4.98 Å². The zero-order chi connectivity index (χ0) is 17.1. The summed E-state index contributed by atoms with van der Waals surface area (Å²) in [7, 11) is 0. The Hall–Kier alpha value is -3.46. The van der Waals surface area contributed by atoms with Crippen molar-refractivity contribution in [2.75, 3.05) is 0 Å². The van der Waals surface area contributed by atoms with Crippen LogP contribution in [0, 0.1) is 0 Å². The normalized spacial score (nSPS) is 11.2. The lowest BCUT2D eigenvalue weighted by Gasteiger charge is -2.11. The van der Waals surface area contributed by atoms with Crippen LogP contribution in [0.3, 0.4) is 0 Å². The Kier molecular flexibility index (Phi) is 3.97. The zero-order valence-corrected chi connectivity index (χ0v) is 13.5. The summed E-state index contributed by atoms with van der Waals surface area (Å²) >= 11 is 0. The second kappa shape index (κ2) is 6.57. The largest absolute Gasteiger partial charge is 0.268 e. The van der Waals surface area contributed by atoms with Gasteiger partial charge in [0.05, 0.1) is 16.6 Å². The van der Waals surface area contributed by atoms with Crippen molar-refractivity contribution >= 4 is 23.1 Å². The molecule has 3 aromatic carbocycles. The van der Waals surface area contributed by atoms with Gasteiger partial charge in [0.1, 0.15) is 5.82 Å². The van der Waals surface area contributed by atoms with E-state index in [1.807, 2.05) is 97.1 Å². The number of aromatic nitrogens is 2. The summed E-state index contributed by atoms with van der Waals surface area (Å²) in [6.07, 6.45) is 3.85. The van der Waals surface area contributed by atoms with Gasteiger partial charge in [0.15, 0.2) is 0 Å². The SMILES string of the molecule is O=c1c2ccccc2nc(C=Cc2ccccc2)n1-c1ccccc1. The van der Waals surface area contributed by atoms with Crippen LogP contribution in [0.15, 0.2) is 89.7 Å². The molecule has 0 saturated carbocycles. The van der Waals surface area contributed by atoms with Gasteiger partial charge in [0.2, 0.25) is 0 Å². The highest BCUT2D eigenvalue weighted by Crippen LogP contribution is 2.15. The van der Waals surface area contributed by atoms with Gasteiger partial charge in [-0.15, -0.1) is 0 Å². The molecule has 0 spiro atoms. The van der Waals surface area contributed by atoms with E-state index in [0.717, 1.165) is 11.3 Å². The molecule has 4 aromatic rings. The number of para-hydroxylation sites is 2. The predicted octanol–water partition coefficient (Wildman–Crippen LogP) is 4.56. The average molecular weight is 324 g/mol. The quantitative estimate of drug-likeness (QED) is 0.554. The first-order valence-corrected chi connectivity index (χ1v) is 8.13. The predicted molar refractivity (Wildman–Crippen MR) is 103 cm³/mol. The van der Waals surface area contributed by atoms with Gasteiger partial charge in [0.25, 0.3) is 5.56 Å². The third kappa shape index (κ3) is 3.00. The first kappa shape index (κ1) is 15.1. The molecule has 0 unspecified atom stereocenters. The molecule has 25 heavy (non-hydrogen) atoms. The molecule has 0 aliphatic heterocycles. The molecule has 0 amide bonds. The Bertz CT molecular complexity index is 1100. The first-order valence-electron chi connectivity index (χ1n) is 8.13. The molecule has 3 heteroatoms. The minimum atomic E-state index is -0.0653. The fourth-order valence-electron chi connectivity index (χ4n) is 2.82. The number of hydrogen-bond acceptors (Lipinski definition) is 2. The highest BCUT2D eigenvalue weighted by Gasteiger charge is 2.10. The minimum absolute atomic E-state index is 0.0653. The van der Waals surface area contributed by atoms with Crippen molar-refractivity contribution in [2.24, 2.45) is 0 Å². The van der Waals surface area contributed by atoms with Gasteiger partial charge >= 0.3 is 0 Å². The average Bonchev–Trinajstić information content (AvgIpc) is 2.68. The lowest BCUT2D eigenvalue weighted by molar-refractivity contribution is 0.944. The van der Waals surface area contributed by atoms with Crippen molar-refractivity contribution in [3.63, 3.8) is 0 Å². The van der Waals surface area contributed by atoms with E-state index in [-0.39, 0.29) is 5.56 Å². The molecule has 1 heterocycles. The fraction of sp³-hybridized carbons (Fsp3) is 0. The van der Waals surface area contributed by atoms with Crippen LogP contribution in [0.25, 0.3) is 28.7 Å². The Balaban J connectivity index is 1.96. The van der Waals surface area contributed by atoms with Gasteiger partial charge in [0, 0.05) is 0 Å². The van der Waals surface area contributed by atoms with Gasteiger partial charge in [-0.25, -0.2) is 4.98 Å². The van der Waals surface area contributed by atoms with Gasteiger partial charge in [-0.3, -0.25) is 9.36 Å². The van der Waals surface area contributed by atoms with Gasteiger partial charge in [-0.05, 0) is 35.9 Å². The maximum atomic E-state index is 13.1. The smallest absolute Gasteiger partial charge is 0.266 e. The standard InChI is InChI=1S/C22H16N2O/c25-22-19-13-7-8-14-20(19)23-21(16-15-17-9-3-1-4-10-17)24(22)18-11-5-2-6-12-18/h1-16H. The van der Waals surface area contributed by atoms with E-state index in [0.29, 0.717) is 16.7 Å². The number of fused-ring (bicyclic) bond motifs is 1. The summed E-state index contributed by atoms with van der Waals surface area (Å²) in [5.74, 6) is 0.610. The highest BCUT2D eigenvalue weighted by molar-refractivity contribution is 5.80. The Morgan fingerprint density at radius 3 is 2.12 bits per heavy atom. The molecule has 4 rings (SSSR count). The Labute approximate surface area is 145 Å². The lowest BCUT2D eigenvalue weighted by atomic mass is 10.2. The maximum Gasteiger partial charge on any atom is 0.266 e. The van der Waals surface area contributed by atoms with Crippen molar-refractivity contribution in [3.8, 4) is 5.69 Å². The highest BCUT2D eigenvalue weighted by atomic mass is 16.1. The van der Waals surface area contributed by atoms with E-state index in [2.05, 4.69) is 0 Å².